The van der Waals surface area contributed by atoms with Gasteiger partial charge in [0.2, 0.25) is 0 Å². The van der Waals surface area contributed by atoms with Crippen LogP contribution in [-0.4, -0.2) is 32.8 Å². The summed E-state index contributed by atoms with van der Waals surface area (Å²) in [5.74, 6) is -0.748. The Morgan fingerprint density at radius 3 is 2.77 bits per heavy atom. The quantitative estimate of drug-likeness (QED) is 0.452. The van der Waals surface area contributed by atoms with Crippen LogP contribution in [0.2, 0.25) is 0 Å². The molecule has 9 heteroatoms. The minimum Gasteiger partial charge on any atom is -0.365 e. The van der Waals surface area contributed by atoms with Crippen molar-refractivity contribution in [1.29, 1.82) is 0 Å². The van der Waals surface area contributed by atoms with Crippen molar-refractivity contribution in [1.82, 2.24) is 14.8 Å². The maximum absolute atomic E-state index is 14.6. The smallest absolute Gasteiger partial charge is 0.252 e. The maximum Gasteiger partial charge on any atom is 0.252 e. The van der Waals surface area contributed by atoms with Crippen molar-refractivity contribution in [3.8, 4) is 0 Å². The number of rotatable bonds is 8. The van der Waals surface area contributed by atoms with E-state index in [1.165, 1.54) is 0 Å². The number of amides is 1. The van der Waals surface area contributed by atoms with Crippen LogP contribution in [0.4, 0.5) is 21.7 Å². The highest BCUT2D eigenvalue weighted by molar-refractivity contribution is 5.99. The lowest BCUT2D eigenvalue weighted by Gasteiger charge is -2.22. The molecule has 3 aromatic rings. The van der Waals surface area contributed by atoms with Crippen molar-refractivity contribution >= 4 is 34.1 Å². The number of carbonyl (C=O) groups excluding carboxylic acids is 1. The van der Waals surface area contributed by atoms with Crippen molar-refractivity contribution in [3.63, 3.8) is 0 Å². The number of hydrogen-bond acceptors (Lipinski definition) is 6. The second-order valence-electron chi connectivity index (χ2n) is 7.79. The molecule has 0 saturated heterocycles. The Hall–Kier alpha value is -3.20. The summed E-state index contributed by atoms with van der Waals surface area (Å²) in [7, 11) is 0. The zero-order chi connectivity index (χ0) is 21.4. The van der Waals surface area contributed by atoms with Crippen molar-refractivity contribution in [3.05, 3.63) is 41.8 Å². The van der Waals surface area contributed by atoms with Crippen molar-refractivity contribution in [2.45, 2.75) is 45.3 Å². The van der Waals surface area contributed by atoms with E-state index in [1.807, 2.05) is 36.7 Å². The molecule has 2 aromatic heterocycles. The van der Waals surface area contributed by atoms with Crippen LogP contribution in [0.15, 0.2) is 30.5 Å². The summed E-state index contributed by atoms with van der Waals surface area (Å²) in [6.07, 6.45) is 3.95. The Bertz CT molecular complexity index is 1090. The molecule has 2 atom stereocenters. The predicted octanol–water partition coefficient (Wildman–Crippen LogP) is 2.97. The number of carbonyl (C=O) groups is 1. The normalized spacial score (nSPS) is 15.7. The van der Waals surface area contributed by atoms with Gasteiger partial charge >= 0.3 is 0 Å². The van der Waals surface area contributed by atoms with Gasteiger partial charge in [-0.3, -0.25) is 9.48 Å². The fourth-order valence-electron chi connectivity index (χ4n) is 3.63. The van der Waals surface area contributed by atoms with Crippen LogP contribution in [0.25, 0.3) is 10.9 Å². The van der Waals surface area contributed by atoms with Gasteiger partial charge in [0.25, 0.3) is 5.91 Å². The Morgan fingerprint density at radius 1 is 1.33 bits per heavy atom. The molecular weight excluding hydrogens is 385 g/mol. The standard InChI is InChI=1S/C21H26FN7O/c1-3-29-17-7-6-14(8-13(17)10-25-29)27-20-15(19(24)30)9-16(22)21(28-20)26-11(2)18(23)12-4-5-12/h6-12,18H,3-5,23H2,1-2H3,(H2,24,30)(H2,26,27,28)/t11-,18-/m1/s1. The van der Waals surface area contributed by atoms with Crippen LogP contribution < -0.4 is 22.1 Å². The van der Waals surface area contributed by atoms with Gasteiger partial charge in [0.1, 0.15) is 5.82 Å². The Balaban J connectivity index is 1.64. The summed E-state index contributed by atoms with van der Waals surface area (Å²) < 4.78 is 16.5. The number of nitrogens with two attached hydrogens (primary N) is 2. The zero-order valence-electron chi connectivity index (χ0n) is 17.0. The number of anilines is 3. The lowest BCUT2D eigenvalue weighted by Crippen LogP contribution is -2.40. The van der Waals surface area contributed by atoms with E-state index in [-0.39, 0.29) is 29.3 Å². The summed E-state index contributed by atoms with van der Waals surface area (Å²) in [5.41, 5.74) is 13.3. The third kappa shape index (κ3) is 3.93. The van der Waals surface area contributed by atoms with Gasteiger partial charge in [-0.25, -0.2) is 9.37 Å². The molecule has 0 unspecified atom stereocenters. The highest BCUT2D eigenvalue weighted by Gasteiger charge is 2.32. The summed E-state index contributed by atoms with van der Waals surface area (Å²) in [6.45, 7) is 4.68. The first kappa shape index (κ1) is 20.1. The molecule has 1 amide bonds. The molecule has 6 N–H and O–H groups in total. The van der Waals surface area contributed by atoms with Gasteiger partial charge in [0, 0.05) is 29.7 Å². The third-order valence-corrected chi connectivity index (χ3v) is 5.55. The van der Waals surface area contributed by atoms with E-state index in [2.05, 4.69) is 20.7 Å². The largest absolute Gasteiger partial charge is 0.365 e. The first-order chi connectivity index (χ1) is 14.4. The molecule has 30 heavy (non-hydrogen) atoms. The van der Waals surface area contributed by atoms with E-state index in [0.717, 1.165) is 36.4 Å². The number of nitrogens with zero attached hydrogens (tertiary/aromatic N) is 3. The average Bonchev–Trinajstić information content (AvgIpc) is 3.49. The minimum absolute atomic E-state index is 0.0263. The molecule has 4 rings (SSSR count). The van der Waals surface area contributed by atoms with Crippen molar-refractivity contribution in [2.24, 2.45) is 17.4 Å². The first-order valence-electron chi connectivity index (χ1n) is 10.1. The van der Waals surface area contributed by atoms with Crippen LogP contribution in [-0.2, 0) is 6.54 Å². The summed E-state index contributed by atoms with van der Waals surface area (Å²) in [4.78, 5) is 16.2. The van der Waals surface area contributed by atoms with E-state index in [4.69, 9.17) is 11.5 Å². The van der Waals surface area contributed by atoms with Crippen LogP contribution >= 0.6 is 0 Å². The number of nitrogens with one attached hydrogen (secondary N) is 2. The molecule has 0 radical (unpaired) electrons. The average molecular weight is 411 g/mol. The lowest BCUT2D eigenvalue weighted by molar-refractivity contribution is 0.100. The third-order valence-electron chi connectivity index (χ3n) is 5.55. The van der Waals surface area contributed by atoms with Gasteiger partial charge in [-0.2, -0.15) is 5.10 Å². The Labute approximate surface area is 173 Å². The second kappa shape index (κ2) is 7.91. The number of hydrogen-bond donors (Lipinski definition) is 4. The number of primary amides is 1. The van der Waals surface area contributed by atoms with Gasteiger partial charge < -0.3 is 22.1 Å². The number of benzene rings is 1. The SMILES string of the molecule is CCn1ncc2cc(Nc3nc(N[C@H](C)[C@@H](N)C4CC4)c(F)cc3C(N)=O)ccc21. The van der Waals surface area contributed by atoms with Crippen molar-refractivity contribution < 1.29 is 9.18 Å². The van der Waals surface area contributed by atoms with Crippen molar-refractivity contribution in [2.75, 3.05) is 10.6 Å². The van der Waals surface area contributed by atoms with Crippen LogP contribution in [0.3, 0.4) is 0 Å². The van der Waals surface area contributed by atoms with Crippen LogP contribution in [0, 0.1) is 11.7 Å². The molecule has 1 aliphatic rings. The van der Waals surface area contributed by atoms with E-state index in [9.17, 15) is 9.18 Å². The maximum atomic E-state index is 14.6. The highest BCUT2D eigenvalue weighted by atomic mass is 19.1. The van der Waals surface area contributed by atoms with E-state index >= 15 is 0 Å². The monoisotopic (exact) mass is 411 g/mol. The number of aromatic nitrogens is 3. The molecule has 8 nitrogen and oxygen atoms in total. The van der Waals surface area contributed by atoms with Gasteiger partial charge in [0.15, 0.2) is 11.6 Å². The fraction of sp³-hybridized carbons (Fsp3) is 0.381. The molecule has 0 aliphatic heterocycles. The molecule has 158 valence electrons. The van der Waals surface area contributed by atoms with E-state index < -0.39 is 11.7 Å². The number of halogens is 1. The van der Waals surface area contributed by atoms with Crippen LogP contribution in [0.1, 0.15) is 37.0 Å². The minimum atomic E-state index is -0.766. The number of pyridine rings is 1. The topological polar surface area (TPSA) is 124 Å². The van der Waals surface area contributed by atoms with E-state index in [1.54, 1.807) is 6.20 Å². The highest BCUT2D eigenvalue weighted by Crippen LogP contribution is 2.34. The zero-order valence-corrected chi connectivity index (χ0v) is 17.0. The molecule has 0 bridgehead atoms. The molecule has 0 spiro atoms. The molecule has 1 fully saturated rings. The molecule has 1 saturated carbocycles. The molecule has 2 heterocycles. The first-order valence-corrected chi connectivity index (χ1v) is 10.1. The molecule has 1 aliphatic carbocycles. The summed E-state index contributed by atoms with van der Waals surface area (Å²) >= 11 is 0. The Morgan fingerprint density at radius 2 is 2.10 bits per heavy atom. The summed E-state index contributed by atoms with van der Waals surface area (Å²) in [6, 6.07) is 6.52. The van der Waals surface area contributed by atoms with Gasteiger partial charge in [-0.05, 0) is 56.9 Å². The fourth-order valence-corrected chi connectivity index (χ4v) is 3.63. The summed E-state index contributed by atoms with van der Waals surface area (Å²) in [5, 5.41) is 11.4. The van der Waals surface area contributed by atoms with Gasteiger partial charge in [0.05, 0.1) is 17.3 Å². The molecule has 1 aromatic carbocycles. The number of aryl methyl sites for hydroxylation is 1. The van der Waals surface area contributed by atoms with Gasteiger partial charge in [-0.15, -0.1) is 0 Å². The molecular formula is C21H26FN7O. The Kier molecular flexibility index (Phi) is 5.29. The second-order valence-corrected chi connectivity index (χ2v) is 7.79. The predicted molar refractivity (Wildman–Crippen MR) is 115 cm³/mol. The number of fused-ring (bicyclic) bond motifs is 1. The van der Waals surface area contributed by atoms with E-state index in [0.29, 0.717) is 11.6 Å². The van der Waals surface area contributed by atoms with Crippen LogP contribution in [0.5, 0.6) is 0 Å². The van der Waals surface area contributed by atoms with Gasteiger partial charge in [-0.1, -0.05) is 0 Å². The lowest BCUT2D eigenvalue weighted by atomic mass is 10.1.